The van der Waals surface area contributed by atoms with Crippen molar-refractivity contribution >= 4 is 11.6 Å². The van der Waals surface area contributed by atoms with E-state index in [0.717, 1.165) is 18.7 Å². The van der Waals surface area contributed by atoms with Crippen LogP contribution in [0, 0.1) is 0 Å². The van der Waals surface area contributed by atoms with Gasteiger partial charge in [0.1, 0.15) is 18.1 Å². The van der Waals surface area contributed by atoms with Gasteiger partial charge in [0.15, 0.2) is 5.76 Å². The number of benzene rings is 1. The number of carbonyl (C=O) groups excluding carboxylic acids is 1. The van der Waals surface area contributed by atoms with Gasteiger partial charge in [0.05, 0.1) is 6.26 Å². The van der Waals surface area contributed by atoms with Crippen LogP contribution in [0.15, 0.2) is 57.7 Å². The van der Waals surface area contributed by atoms with Crippen molar-refractivity contribution in [3.63, 3.8) is 0 Å². The predicted octanol–water partition coefficient (Wildman–Crippen LogP) is 3.64. The van der Waals surface area contributed by atoms with Crippen molar-refractivity contribution in [2.45, 2.75) is 19.4 Å². The summed E-state index contributed by atoms with van der Waals surface area (Å²) in [6.45, 7) is 1.08. The first-order chi connectivity index (χ1) is 11.8. The van der Waals surface area contributed by atoms with Crippen molar-refractivity contribution < 1.29 is 18.5 Å². The van der Waals surface area contributed by atoms with E-state index in [-0.39, 0.29) is 5.91 Å². The lowest BCUT2D eigenvalue weighted by Gasteiger charge is -2.15. The molecule has 2 aromatic heterocycles. The van der Waals surface area contributed by atoms with Crippen LogP contribution in [0.3, 0.4) is 0 Å². The van der Waals surface area contributed by atoms with Gasteiger partial charge in [-0.15, -0.1) is 0 Å². The summed E-state index contributed by atoms with van der Waals surface area (Å²) >= 11 is 0. The van der Waals surface area contributed by atoms with Crippen molar-refractivity contribution in [2.75, 3.05) is 11.4 Å². The molecule has 6 nitrogen and oxygen atoms in total. The van der Waals surface area contributed by atoms with Gasteiger partial charge in [-0.1, -0.05) is 5.16 Å². The Hall–Kier alpha value is -3.02. The Balaban J connectivity index is 1.38. The maximum absolute atomic E-state index is 11.7. The molecule has 0 atom stereocenters. The third-order valence-electron chi connectivity index (χ3n) is 3.93. The quantitative estimate of drug-likeness (QED) is 0.716. The van der Waals surface area contributed by atoms with E-state index in [2.05, 4.69) is 5.16 Å². The topological polar surface area (TPSA) is 68.7 Å². The number of anilines is 1. The summed E-state index contributed by atoms with van der Waals surface area (Å²) in [7, 11) is 0. The van der Waals surface area contributed by atoms with Gasteiger partial charge in [-0.05, 0) is 42.8 Å². The standard InChI is InChI=1S/C18H16N2O4/c21-18-4-1-9-20(18)14-5-7-15(8-6-14)23-12-13-11-17(24-19-13)16-3-2-10-22-16/h2-3,5-8,10-11H,1,4,9,12H2. The van der Waals surface area contributed by atoms with E-state index in [1.165, 1.54) is 0 Å². The van der Waals surface area contributed by atoms with Crippen molar-refractivity contribution in [1.82, 2.24) is 5.16 Å². The molecule has 0 N–H and O–H groups in total. The minimum absolute atomic E-state index is 0.178. The van der Waals surface area contributed by atoms with Crippen LogP contribution in [0.2, 0.25) is 0 Å². The molecule has 0 radical (unpaired) electrons. The summed E-state index contributed by atoms with van der Waals surface area (Å²) in [5, 5.41) is 3.96. The third-order valence-corrected chi connectivity index (χ3v) is 3.93. The molecular weight excluding hydrogens is 308 g/mol. The molecule has 3 heterocycles. The molecule has 1 amide bonds. The molecule has 0 spiro atoms. The zero-order chi connectivity index (χ0) is 16.4. The van der Waals surface area contributed by atoms with E-state index < -0.39 is 0 Å². The monoisotopic (exact) mass is 324 g/mol. The Bertz CT molecular complexity index is 821. The molecule has 0 unspecified atom stereocenters. The van der Waals surface area contributed by atoms with Crippen LogP contribution in [0.25, 0.3) is 11.5 Å². The van der Waals surface area contributed by atoms with E-state index in [4.69, 9.17) is 13.7 Å². The fraction of sp³-hybridized carbons (Fsp3) is 0.222. The first-order valence-electron chi connectivity index (χ1n) is 7.82. The van der Waals surface area contributed by atoms with E-state index >= 15 is 0 Å². The maximum Gasteiger partial charge on any atom is 0.227 e. The molecule has 1 aliphatic heterocycles. The number of hydrogen-bond acceptors (Lipinski definition) is 5. The predicted molar refractivity (Wildman–Crippen MR) is 86.6 cm³/mol. The van der Waals surface area contributed by atoms with E-state index in [1.807, 2.05) is 30.3 Å². The number of rotatable bonds is 5. The summed E-state index contributed by atoms with van der Waals surface area (Å²) in [5.41, 5.74) is 1.59. The molecule has 0 aliphatic carbocycles. The van der Waals surface area contributed by atoms with Gasteiger partial charge >= 0.3 is 0 Å². The molecule has 1 fully saturated rings. The van der Waals surface area contributed by atoms with Crippen LogP contribution in [0.4, 0.5) is 5.69 Å². The van der Waals surface area contributed by atoms with Gasteiger partial charge < -0.3 is 18.6 Å². The fourth-order valence-corrected chi connectivity index (χ4v) is 2.72. The minimum Gasteiger partial charge on any atom is -0.487 e. The molecule has 6 heteroatoms. The molecule has 1 saturated heterocycles. The number of aromatic nitrogens is 1. The number of amides is 1. The third kappa shape index (κ3) is 2.90. The van der Waals surface area contributed by atoms with E-state index in [1.54, 1.807) is 23.3 Å². The van der Waals surface area contributed by atoms with Gasteiger partial charge in [-0.2, -0.15) is 0 Å². The first kappa shape index (κ1) is 14.6. The van der Waals surface area contributed by atoms with Gasteiger partial charge in [0, 0.05) is 24.7 Å². The lowest BCUT2D eigenvalue weighted by molar-refractivity contribution is -0.117. The number of nitrogens with zero attached hydrogens (tertiary/aromatic N) is 2. The number of ether oxygens (including phenoxy) is 1. The lowest BCUT2D eigenvalue weighted by Crippen LogP contribution is -2.23. The molecular formula is C18H16N2O4. The Labute approximate surface area is 138 Å². The second-order valence-electron chi connectivity index (χ2n) is 5.59. The Morgan fingerprint density at radius 2 is 2.04 bits per heavy atom. The molecule has 1 aromatic carbocycles. The van der Waals surface area contributed by atoms with Crippen LogP contribution >= 0.6 is 0 Å². The van der Waals surface area contributed by atoms with Crippen molar-refractivity contribution in [2.24, 2.45) is 0 Å². The second kappa shape index (κ2) is 6.23. The highest BCUT2D eigenvalue weighted by Crippen LogP contribution is 2.25. The van der Waals surface area contributed by atoms with Crippen LogP contribution in [0.1, 0.15) is 18.5 Å². The largest absolute Gasteiger partial charge is 0.487 e. The van der Waals surface area contributed by atoms with Crippen LogP contribution in [-0.2, 0) is 11.4 Å². The number of furan rings is 1. The van der Waals surface area contributed by atoms with Crippen LogP contribution < -0.4 is 9.64 Å². The van der Waals surface area contributed by atoms with Crippen molar-refractivity contribution in [1.29, 1.82) is 0 Å². The zero-order valence-electron chi connectivity index (χ0n) is 13.0. The Morgan fingerprint density at radius 3 is 2.75 bits per heavy atom. The van der Waals surface area contributed by atoms with Crippen molar-refractivity contribution in [3.8, 4) is 17.3 Å². The van der Waals surface area contributed by atoms with Crippen LogP contribution in [-0.4, -0.2) is 17.6 Å². The molecule has 3 aromatic rings. The summed E-state index contributed by atoms with van der Waals surface area (Å²) < 4.78 is 16.2. The van der Waals surface area contributed by atoms with Gasteiger partial charge in [-0.3, -0.25) is 4.79 Å². The number of carbonyl (C=O) groups is 1. The van der Waals surface area contributed by atoms with Gasteiger partial charge in [0.2, 0.25) is 11.7 Å². The molecule has 122 valence electrons. The summed E-state index contributed by atoms with van der Waals surface area (Å²) in [5.74, 6) is 2.10. The van der Waals surface area contributed by atoms with E-state index in [9.17, 15) is 4.79 Å². The van der Waals surface area contributed by atoms with Crippen molar-refractivity contribution in [3.05, 3.63) is 54.4 Å². The molecule has 4 rings (SSSR count). The normalized spacial score (nSPS) is 14.3. The average Bonchev–Trinajstić information content (AvgIpc) is 3.35. The Morgan fingerprint density at radius 1 is 1.17 bits per heavy atom. The minimum atomic E-state index is 0.178. The highest BCUT2D eigenvalue weighted by atomic mass is 16.5. The summed E-state index contributed by atoms with van der Waals surface area (Å²) in [4.78, 5) is 13.5. The summed E-state index contributed by atoms with van der Waals surface area (Å²) in [6, 6.07) is 12.9. The second-order valence-corrected chi connectivity index (χ2v) is 5.59. The highest BCUT2D eigenvalue weighted by Gasteiger charge is 2.21. The smallest absolute Gasteiger partial charge is 0.227 e. The van der Waals surface area contributed by atoms with Crippen LogP contribution in [0.5, 0.6) is 5.75 Å². The lowest BCUT2D eigenvalue weighted by atomic mass is 10.3. The zero-order valence-corrected chi connectivity index (χ0v) is 13.0. The maximum atomic E-state index is 11.7. The molecule has 24 heavy (non-hydrogen) atoms. The highest BCUT2D eigenvalue weighted by molar-refractivity contribution is 5.95. The SMILES string of the molecule is O=C1CCCN1c1ccc(OCc2cc(-c3ccco3)on2)cc1. The summed E-state index contributed by atoms with van der Waals surface area (Å²) in [6.07, 6.45) is 3.13. The Kier molecular flexibility index (Phi) is 3.78. The first-order valence-corrected chi connectivity index (χ1v) is 7.82. The average molecular weight is 324 g/mol. The molecule has 1 aliphatic rings. The van der Waals surface area contributed by atoms with Gasteiger partial charge in [-0.25, -0.2) is 0 Å². The van der Waals surface area contributed by atoms with Gasteiger partial charge in [0.25, 0.3) is 0 Å². The molecule has 0 saturated carbocycles. The number of hydrogen-bond donors (Lipinski definition) is 0. The van der Waals surface area contributed by atoms with E-state index in [0.29, 0.717) is 36.0 Å². The molecule has 0 bridgehead atoms. The fourth-order valence-electron chi connectivity index (χ4n) is 2.72.